The fourth-order valence-electron chi connectivity index (χ4n) is 2.15. The lowest BCUT2D eigenvalue weighted by Crippen LogP contribution is -2.31. The van der Waals surface area contributed by atoms with Crippen molar-refractivity contribution in [2.45, 2.75) is 20.0 Å². The molecule has 24 heavy (non-hydrogen) atoms. The van der Waals surface area contributed by atoms with E-state index < -0.39 is 17.9 Å². The average Bonchev–Trinajstić information content (AvgIpc) is 2.49. The Balaban J connectivity index is 2.15. The summed E-state index contributed by atoms with van der Waals surface area (Å²) >= 11 is 11.8. The molecule has 5 nitrogen and oxygen atoms in total. The number of hydrogen-bond donors (Lipinski definition) is 2. The van der Waals surface area contributed by atoms with Gasteiger partial charge in [0.1, 0.15) is 5.75 Å². The van der Waals surface area contributed by atoms with Crippen LogP contribution in [0.4, 0.5) is 5.69 Å². The molecule has 0 fully saturated rings. The Morgan fingerprint density at radius 3 is 2.54 bits per heavy atom. The van der Waals surface area contributed by atoms with Crippen molar-refractivity contribution < 1.29 is 14.3 Å². The van der Waals surface area contributed by atoms with Crippen LogP contribution in [0.2, 0.25) is 10.0 Å². The Morgan fingerprint density at radius 1 is 1.21 bits per heavy atom. The number of nitrogens with one attached hydrogen (secondary N) is 1. The molecular formula is C17H16Cl2N2O3. The molecule has 0 aliphatic carbocycles. The summed E-state index contributed by atoms with van der Waals surface area (Å²) < 4.78 is 5.55. The van der Waals surface area contributed by atoms with Gasteiger partial charge in [0, 0.05) is 5.02 Å². The number of ether oxygens (including phenoxy) is 1. The first kappa shape index (κ1) is 18.1. The van der Waals surface area contributed by atoms with Gasteiger partial charge in [-0.2, -0.15) is 0 Å². The standard InChI is InChI=1S/C17H16Cl2N2O3/c1-9-4-3-5-13(15(9)16(20)22)21-17(23)10(2)24-14-7-6-11(18)8-12(14)19/h3-8,10H,1-2H3,(H2,20,22)(H,21,23). The average molecular weight is 367 g/mol. The van der Waals surface area contributed by atoms with Gasteiger partial charge < -0.3 is 15.8 Å². The molecule has 0 aliphatic heterocycles. The number of rotatable bonds is 5. The lowest BCUT2D eigenvalue weighted by molar-refractivity contribution is -0.122. The Labute approximate surface area is 149 Å². The summed E-state index contributed by atoms with van der Waals surface area (Å²) in [6.45, 7) is 3.31. The van der Waals surface area contributed by atoms with Crippen molar-refractivity contribution in [1.82, 2.24) is 0 Å². The molecule has 0 aromatic heterocycles. The van der Waals surface area contributed by atoms with Gasteiger partial charge in [-0.15, -0.1) is 0 Å². The van der Waals surface area contributed by atoms with Crippen LogP contribution in [0.5, 0.6) is 5.75 Å². The molecular weight excluding hydrogens is 351 g/mol. The van der Waals surface area contributed by atoms with Crippen LogP contribution in [-0.4, -0.2) is 17.9 Å². The van der Waals surface area contributed by atoms with Gasteiger partial charge >= 0.3 is 0 Å². The Bertz CT molecular complexity index is 793. The van der Waals surface area contributed by atoms with E-state index in [2.05, 4.69) is 5.32 Å². The maximum absolute atomic E-state index is 12.3. The molecule has 3 N–H and O–H groups in total. The summed E-state index contributed by atoms with van der Waals surface area (Å²) in [6, 6.07) is 9.78. The van der Waals surface area contributed by atoms with Crippen molar-refractivity contribution in [3.63, 3.8) is 0 Å². The molecule has 0 bridgehead atoms. The fourth-order valence-corrected chi connectivity index (χ4v) is 2.60. The SMILES string of the molecule is Cc1cccc(NC(=O)C(C)Oc2ccc(Cl)cc2Cl)c1C(N)=O. The maximum Gasteiger partial charge on any atom is 0.265 e. The van der Waals surface area contributed by atoms with Crippen molar-refractivity contribution in [3.8, 4) is 5.75 Å². The van der Waals surface area contributed by atoms with E-state index >= 15 is 0 Å². The monoisotopic (exact) mass is 366 g/mol. The number of primary amides is 1. The number of nitrogens with two attached hydrogens (primary N) is 1. The number of carbonyl (C=O) groups excluding carboxylic acids is 2. The number of hydrogen-bond acceptors (Lipinski definition) is 3. The smallest absolute Gasteiger partial charge is 0.265 e. The largest absolute Gasteiger partial charge is 0.479 e. The van der Waals surface area contributed by atoms with Crippen LogP contribution in [0.15, 0.2) is 36.4 Å². The summed E-state index contributed by atoms with van der Waals surface area (Å²) in [5.41, 5.74) is 6.65. The van der Waals surface area contributed by atoms with Crippen molar-refractivity contribution in [3.05, 3.63) is 57.6 Å². The third-order valence-electron chi connectivity index (χ3n) is 3.34. The van der Waals surface area contributed by atoms with Gasteiger partial charge in [0.05, 0.1) is 16.3 Å². The molecule has 1 atom stereocenters. The van der Waals surface area contributed by atoms with E-state index in [-0.39, 0.29) is 5.56 Å². The van der Waals surface area contributed by atoms with Crippen LogP contribution in [0.1, 0.15) is 22.8 Å². The zero-order valence-electron chi connectivity index (χ0n) is 13.1. The highest BCUT2D eigenvalue weighted by molar-refractivity contribution is 6.35. The van der Waals surface area contributed by atoms with Crippen molar-refractivity contribution in [2.24, 2.45) is 5.73 Å². The zero-order valence-corrected chi connectivity index (χ0v) is 14.6. The van der Waals surface area contributed by atoms with Crippen LogP contribution >= 0.6 is 23.2 Å². The second-order valence-electron chi connectivity index (χ2n) is 5.19. The summed E-state index contributed by atoms with van der Waals surface area (Å²) in [7, 11) is 0. The van der Waals surface area contributed by atoms with E-state index in [4.69, 9.17) is 33.7 Å². The first-order valence-electron chi connectivity index (χ1n) is 7.11. The summed E-state index contributed by atoms with van der Waals surface area (Å²) in [6.07, 6.45) is -0.843. The number of anilines is 1. The second kappa shape index (κ2) is 7.55. The van der Waals surface area contributed by atoms with Gasteiger partial charge in [-0.1, -0.05) is 35.3 Å². The van der Waals surface area contributed by atoms with Crippen LogP contribution < -0.4 is 15.8 Å². The normalized spacial score (nSPS) is 11.7. The predicted molar refractivity (Wildman–Crippen MR) is 94.9 cm³/mol. The minimum absolute atomic E-state index is 0.266. The van der Waals surface area contributed by atoms with Gasteiger partial charge in [-0.3, -0.25) is 9.59 Å². The first-order valence-corrected chi connectivity index (χ1v) is 7.87. The molecule has 2 amide bonds. The highest BCUT2D eigenvalue weighted by Gasteiger charge is 2.19. The van der Waals surface area contributed by atoms with E-state index in [0.717, 1.165) is 0 Å². The van der Waals surface area contributed by atoms with E-state index in [9.17, 15) is 9.59 Å². The minimum Gasteiger partial charge on any atom is -0.479 e. The molecule has 1 unspecified atom stereocenters. The molecule has 2 aromatic rings. The first-order chi connectivity index (χ1) is 11.3. The van der Waals surface area contributed by atoms with E-state index in [1.807, 2.05) is 0 Å². The molecule has 0 spiro atoms. The van der Waals surface area contributed by atoms with Gasteiger partial charge in [0.15, 0.2) is 6.10 Å². The topological polar surface area (TPSA) is 81.4 Å². The van der Waals surface area contributed by atoms with E-state index in [1.54, 1.807) is 44.2 Å². The lowest BCUT2D eigenvalue weighted by atomic mass is 10.1. The number of benzene rings is 2. The maximum atomic E-state index is 12.3. The van der Waals surface area contributed by atoms with E-state index in [0.29, 0.717) is 27.0 Å². The molecule has 2 rings (SSSR count). The molecule has 0 saturated carbocycles. The van der Waals surface area contributed by atoms with Crippen LogP contribution in [0, 0.1) is 6.92 Å². The quantitative estimate of drug-likeness (QED) is 0.843. The Kier molecular flexibility index (Phi) is 5.70. The molecule has 0 aliphatic rings. The van der Waals surface area contributed by atoms with Gasteiger partial charge in [-0.05, 0) is 43.7 Å². The van der Waals surface area contributed by atoms with Crippen LogP contribution in [0.25, 0.3) is 0 Å². The fraction of sp³-hybridized carbons (Fsp3) is 0.176. The highest BCUT2D eigenvalue weighted by Crippen LogP contribution is 2.28. The van der Waals surface area contributed by atoms with Crippen LogP contribution in [0.3, 0.4) is 0 Å². The number of halogens is 2. The second-order valence-corrected chi connectivity index (χ2v) is 6.03. The summed E-state index contributed by atoms with van der Waals surface area (Å²) in [4.78, 5) is 23.9. The Morgan fingerprint density at radius 2 is 1.92 bits per heavy atom. The van der Waals surface area contributed by atoms with Crippen molar-refractivity contribution >= 4 is 40.7 Å². The van der Waals surface area contributed by atoms with Crippen molar-refractivity contribution in [2.75, 3.05) is 5.32 Å². The Hall–Kier alpha value is -2.24. The van der Waals surface area contributed by atoms with Gasteiger partial charge in [-0.25, -0.2) is 0 Å². The molecule has 126 valence electrons. The highest BCUT2D eigenvalue weighted by atomic mass is 35.5. The van der Waals surface area contributed by atoms with Gasteiger partial charge in [0.2, 0.25) is 0 Å². The molecule has 0 radical (unpaired) electrons. The molecule has 2 aromatic carbocycles. The number of amides is 2. The van der Waals surface area contributed by atoms with Crippen LogP contribution in [-0.2, 0) is 4.79 Å². The molecule has 7 heteroatoms. The van der Waals surface area contributed by atoms with Gasteiger partial charge in [0.25, 0.3) is 11.8 Å². The summed E-state index contributed by atoms with van der Waals surface area (Å²) in [5, 5.41) is 3.42. The van der Waals surface area contributed by atoms with Crippen molar-refractivity contribution in [1.29, 1.82) is 0 Å². The third kappa shape index (κ3) is 4.19. The lowest BCUT2D eigenvalue weighted by Gasteiger charge is -2.17. The third-order valence-corrected chi connectivity index (χ3v) is 3.87. The number of aryl methyl sites for hydroxylation is 1. The molecule has 0 saturated heterocycles. The molecule has 0 heterocycles. The summed E-state index contributed by atoms with van der Waals surface area (Å²) in [5.74, 6) is -0.713. The van der Waals surface area contributed by atoms with E-state index in [1.165, 1.54) is 6.07 Å². The zero-order chi connectivity index (χ0) is 17.9. The predicted octanol–water partition coefficient (Wildman–Crippen LogP) is 3.81. The number of carbonyl (C=O) groups is 2. The minimum atomic E-state index is -0.843.